The van der Waals surface area contributed by atoms with Gasteiger partial charge in [0.25, 0.3) is 5.91 Å². The van der Waals surface area contributed by atoms with Gasteiger partial charge in [-0.1, -0.05) is 6.07 Å². The van der Waals surface area contributed by atoms with Crippen LogP contribution in [0.3, 0.4) is 0 Å². The molecule has 0 spiro atoms. The van der Waals surface area contributed by atoms with Crippen molar-refractivity contribution >= 4 is 21.6 Å². The van der Waals surface area contributed by atoms with Crippen LogP contribution in [-0.2, 0) is 21.2 Å². The van der Waals surface area contributed by atoms with Crippen molar-refractivity contribution in [1.82, 2.24) is 4.31 Å². The van der Waals surface area contributed by atoms with Crippen LogP contribution in [0.15, 0.2) is 41.3 Å². The van der Waals surface area contributed by atoms with Gasteiger partial charge in [-0.05, 0) is 67.3 Å². The summed E-state index contributed by atoms with van der Waals surface area (Å²) in [5.74, 6) is 0.531. The number of aryl methyl sites for hydroxylation is 2. The summed E-state index contributed by atoms with van der Waals surface area (Å²) in [5, 5.41) is 0. The Bertz CT molecular complexity index is 963. The van der Waals surface area contributed by atoms with Crippen LogP contribution < -0.4 is 9.64 Å². The highest BCUT2D eigenvalue weighted by Gasteiger charge is 2.27. The molecule has 1 aliphatic rings. The molecule has 0 radical (unpaired) electrons. The Morgan fingerprint density at radius 2 is 1.78 bits per heavy atom. The minimum atomic E-state index is -3.49. The number of anilines is 1. The lowest BCUT2D eigenvalue weighted by Crippen LogP contribution is -2.33. The molecule has 0 aromatic heterocycles. The third-order valence-electron chi connectivity index (χ3n) is 4.58. The van der Waals surface area contributed by atoms with Gasteiger partial charge in [-0.15, -0.1) is 0 Å². The van der Waals surface area contributed by atoms with Crippen LogP contribution in [0, 0.1) is 13.8 Å². The van der Waals surface area contributed by atoms with E-state index < -0.39 is 10.0 Å². The summed E-state index contributed by atoms with van der Waals surface area (Å²) in [6.07, 6.45) is 0.626. The molecular weight excluding hydrogens is 364 g/mol. The number of amides is 1. The summed E-state index contributed by atoms with van der Waals surface area (Å²) < 4.78 is 31.4. The third-order valence-corrected chi connectivity index (χ3v) is 6.39. The lowest BCUT2D eigenvalue weighted by atomic mass is 10.1. The van der Waals surface area contributed by atoms with Gasteiger partial charge < -0.3 is 9.64 Å². The molecule has 0 aliphatic carbocycles. The molecule has 0 unspecified atom stereocenters. The van der Waals surface area contributed by atoms with Crippen LogP contribution in [0.1, 0.15) is 16.7 Å². The first-order valence-corrected chi connectivity index (χ1v) is 10.2. The SMILES string of the molecule is Cc1cc(C)cc(OCC(=O)N2CCc3cc(S(=O)(=O)N(C)C)ccc32)c1. The van der Waals surface area contributed by atoms with Crippen molar-refractivity contribution in [3.63, 3.8) is 0 Å². The molecule has 6 nitrogen and oxygen atoms in total. The van der Waals surface area contributed by atoms with E-state index in [1.165, 1.54) is 18.4 Å². The second-order valence-corrected chi connectivity index (χ2v) is 9.14. The molecule has 0 N–H and O–H groups in total. The number of carbonyl (C=O) groups is 1. The lowest BCUT2D eigenvalue weighted by Gasteiger charge is -2.18. The predicted molar refractivity (Wildman–Crippen MR) is 105 cm³/mol. The van der Waals surface area contributed by atoms with Gasteiger partial charge in [-0.2, -0.15) is 0 Å². The van der Waals surface area contributed by atoms with Crippen LogP contribution in [0.2, 0.25) is 0 Å². The van der Waals surface area contributed by atoms with Gasteiger partial charge in [0.1, 0.15) is 5.75 Å². The second kappa shape index (κ2) is 7.32. The van der Waals surface area contributed by atoms with E-state index in [1.807, 2.05) is 32.0 Å². The molecule has 1 heterocycles. The zero-order chi connectivity index (χ0) is 19.8. The number of sulfonamides is 1. The van der Waals surface area contributed by atoms with Crippen molar-refractivity contribution in [2.75, 3.05) is 32.1 Å². The highest BCUT2D eigenvalue weighted by atomic mass is 32.2. The summed E-state index contributed by atoms with van der Waals surface area (Å²) in [7, 11) is -0.480. The fourth-order valence-electron chi connectivity index (χ4n) is 3.25. The van der Waals surface area contributed by atoms with E-state index in [4.69, 9.17) is 4.74 Å². The van der Waals surface area contributed by atoms with Gasteiger partial charge in [-0.3, -0.25) is 4.79 Å². The first-order chi connectivity index (χ1) is 12.7. The molecule has 0 bridgehead atoms. The number of carbonyl (C=O) groups excluding carboxylic acids is 1. The Balaban J connectivity index is 1.74. The molecule has 2 aromatic rings. The molecular formula is C20H24N2O4S. The Kier molecular flexibility index (Phi) is 5.26. The molecule has 0 saturated carbocycles. The number of ether oxygens (including phenoxy) is 1. The van der Waals surface area contributed by atoms with Gasteiger partial charge in [-0.25, -0.2) is 12.7 Å². The summed E-state index contributed by atoms with van der Waals surface area (Å²) in [5.41, 5.74) is 3.77. The van der Waals surface area contributed by atoms with Crippen molar-refractivity contribution in [1.29, 1.82) is 0 Å². The zero-order valence-corrected chi connectivity index (χ0v) is 16.8. The predicted octanol–water partition coefficient (Wildman–Crippen LogP) is 2.52. The molecule has 0 atom stereocenters. The number of rotatable bonds is 5. The maximum absolute atomic E-state index is 12.6. The van der Waals surface area contributed by atoms with E-state index >= 15 is 0 Å². The Morgan fingerprint density at radius 3 is 2.41 bits per heavy atom. The van der Waals surface area contributed by atoms with E-state index in [9.17, 15) is 13.2 Å². The Labute approximate surface area is 160 Å². The molecule has 1 amide bonds. The number of hydrogen-bond acceptors (Lipinski definition) is 4. The van der Waals surface area contributed by atoms with Crippen molar-refractivity contribution in [3.05, 3.63) is 53.1 Å². The molecule has 0 saturated heterocycles. The van der Waals surface area contributed by atoms with Gasteiger partial charge in [0, 0.05) is 26.3 Å². The minimum absolute atomic E-state index is 0.0555. The summed E-state index contributed by atoms with van der Waals surface area (Å²) in [6.45, 7) is 4.44. The topological polar surface area (TPSA) is 66.9 Å². The van der Waals surface area contributed by atoms with E-state index in [0.29, 0.717) is 18.7 Å². The van der Waals surface area contributed by atoms with Crippen LogP contribution in [0.25, 0.3) is 0 Å². The lowest BCUT2D eigenvalue weighted by molar-refractivity contribution is -0.120. The minimum Gasteiger partial charge on any atom is -0.484 e. The van der Waals surface area contributed by atoms with E-state index in [2.05, 4.69) is 0 Å². The maximum Gasteiger partial charge on any atom is 0.264 e. The Hall–Kier alpha value is -2.38. The maximum atomic E-state index is 12.6. The van der Waals surface area contributed by atoms with E-state index in [1.54, 1.807) is 23.1 Å². The largest absolute Gasteiger partial charge is 0.484 e. The number of benzene rings is 2. The normalized spacial score (nSPS) is 13.7. The van der Waals surface area contributed by atoms with Gasteiger partial charge >= 0.3 is 0 Å². The summed E-state index contributed by atoms with van der Waals surface area (Å²) >= 11 is 0. The Morgan fingerprint density at radius 1 is 1.11 bits per heavy atom. The first kappa shape index (κ1) is 19.4. The highest BCUT2D eigenvalue weighted by molar-refractivity contribution is 7.89. The summed E-state index contributed by atoms with van der Waals surface area (Å²) in [6, 6.07) is 10.7. The number of fused-ring (bicyclic) bond motifs is 1. The molecule has 1 aliphatic heterocycles. The molecule has 7 heteroatoms. The van der Waals surface area contributed by atoms with Crippen LogP contribution in [0.5, 0.6) is 5.75 Å². The second-order valence-electron chi connectivity index (χ2n) is 6.99. The van der Waals surface area contributed by atoms with Crippen molar-refractivity contribution in [3.8, 4) is 5.75 Å². The van der Waals surface area contributed by atoms with E-state index in [-0.39, 0.29) is 17.4 Å². The fourth-order valence-corrected chi connectivity index (χ4v) is 4.20. The average Bonchev–Trinajstić information content (AvgIpc) is 3.02. The summed E-state index contributed by atoms with van der Waals surface area (Å²) in [4.78, 5) is 14.5. The molecule has 0 fully saturated rings. The van der Waals surface area contributed by atoms with Crippen LogP contribution >= 0.6 is 0 Å². The zero-order valence-electron chi connectivity index (χ0n) is 16.0. The average molecular weight is 388 g/mol. The fraction of sp³-hybridized carbons (Fsp3) is 0.350. The first-order valence-electron chi connectivity index (χ1n) is 8.75. The standard InChI is InChI=1S/C20H24N2O4S/c1-14-9-15(2)11-17(10-14)26-13-20(23)22-8-7-16-12-18(5-6-19(16)22)27(24,25)21(3)4/h5-6,9-12H,7-8,13H2,1-4H3. The molecule has 27 heavy (non-hydrogen) atoms. The monoisotopic (exact) mass is 388 g/mol. The number of nitrogens with zero attached hydrogens (tertiary/aromatic N) is 2. The highest BCUT2D eigenvalue weighted by Crippen LogP contribution is 2.31. The van der Waals surface area contributed by atoms with Crippen molar-refractivity contribution in [2.24, 2.45) is 0 Å². The molecule has 2 aromatic carbocycles. The van der Waals surface area contributed by atoms with Crippen molar-refractivity contribution in [2.45, 2.75) is 25.2 Å². The van der Waals surface area contributed by atoms with E-state index in [0.717, 1.165) is 22.4 Å². The van der Waals surface area contributed by atoms with Gasteiger partial charge in [0.15, 0.2) is 6.61 Å². The molecule has 144 valence electrons. The quantitative estimate of drug-likeness (QED) is 0.789. The van der Waals surface area contributed by atoms with Gasteiger partial charge in [0.2, 0.25) is 10.0 Å². The molecule has 3 rings (SSSR count). The van der Waals surface area contributed by atoms with Crippen molar-refractivity contribution < 1.29 is 17.9 Å². The third kappa shape index (κ3) is 3.99. The van der Waals surface area contributed by atoms with Gasteiger partial charge in [0.05, 0.1) is 4.90 Å². The number of hydrogen-bond donors (Lipinski definition) is 0. The smallest absolute Gasteiger partial charge is 0.264 e. The van der Waals surface area contributed by atoms with Crippen LogP contribution in [0.4, 0.5) is 5.69 Å². The van der Waals surface area contributed by atoms with Crippen LogP contribution in [-0.4, -0.2) is 45.9 Å².